The Kier molecular flexibility index (Phi) is 5.28. The number of benzene rings is 1. The molecule has 4 rings (SSSR count). The smallest absolute Gasteiger partial charge is 0.154 e. The summed E-state index contributed by atoms with van der Waals surface area (Å²) in [6.45, 7) is 0.244. The molecule has 1 aliphatic heterocycles. The highest BCUT2D eigenvalue weighted by Gasteiger charge is 2.44. The fraction of sp³-hybridized carbons (Fsp3) is 0.333. The molecule has 0 unspecified atom stereocenters. The van der Waals surface area contributed by atoms with Crippen LogP contribution >= 0.6 is 22.6 Å². The first-order valence-electron chi connectivity index (χ1n) is 8.52. The van der Waals surface area contributed by atoms with Crippen molar-refractivity contribution in [1.29, 1.82) is 0 Å². The first kappa shape index (κ1) is 18.6. The molecule has 27 heavy (non-hydrogen) atoms. The number of hydrogen-bond donors (Lipinski definition) is 4. The Morgan fingerprint density at radius 2 is 2.04 bits per heavy atom. The molecule has 0 aliphatic carbocycles. The van der Waals surface area contributed by atoms with E-state index in [0.717, 1.165) is 14.7 Å². The Morgan fingerprint density at radius 1 is 1.19 bits per heavy atom. The van der Waals surface area contributed by atoms with Crippen LogP contribution in [-0.4, -0.2) is 54.8 Å². The van der Waals surface area contributed by atoms with Crippen LogP contribution in [0.2, 0.25) is 0 Å². The van der Waals surface area contributed by atoms with Gasteiger partial charge in [0.25, 0.3) is 0 Å². The van der Waals surface area contributed by atoms with Crippen molar-refractivity contribution < 1.29 is 20.1 Å². The minimum Gasteiger partial charge on any atom is -0.394 e. The zero-order chi connectivity index (χ0) is 19.0. The van der Waals surface area contributed by atoms with Gasteiger partial charge in [0.1, 0.15) is 36.3 Å². The third-order valence-electron chi connectivity index (χ3n) is 4.66. The summed E-state index contributed by atoms with van der Waals surface area (Å²) in [7, 11) is 0. The molecular formula is C18H19IN4O4. The van der Waals surface area contributed by atoms with Crippen LogP contribution in [0, 0.1) is 3.57 Å². The monoisotopic (exact) mass is 482 g/mol. The van der Waals surface area contributed by atoms with Gasteiger partial charge in [0, 0.05) is 10.1 Å². The lowest BCUT2D eigenvalue weighted by Gasteiger charge is -2.15. The van der Waals surface area contributed by atoms with E-state index in [2.05, 4.69) is 44.1 Å². The maximum absolute atomic E-state index is 10.3. The first-order chi connectivity index (χ1) is 13.1. The Bertz CT molecular complexity index is 950. The van der Waals surface area contributed by atoms with Gasteiger partial charge in [-0.1, -0.05) is 12.1 Å². The minimum atomic E-state index is -1.15. The second kappa shape index (κ2) is 7.68. The van der Waals surface area contributed by atoms with Gasteiger partial charge in [-0.25, -0.2) is 9.50 Å². The van der Waals surface area contributed by atoms with E-state index >= 15 is 0 Å². The largest absolute Gasteiger partial charge is 0.394 e. The molecule has 2 aromatic heterocycles. The fourth-order valence-corrected chi connectivity index (χ4v) is 3.89. The van der Waals surface area contributed by atoms with Crippen LogP contribution in [0.1, 0.15) is 17.4 Å². The SMILES string of the molecule is OC[C@H]1O[C@@H](c2ccc3c(NCc4cccc(I)c4)ncnn23)[C@H](O)[C@@H]1O. The van der Waals surface area contributed by atoms with E-state index in [1.54, 1.807) is 10.6 Å². The number of fused-ring (bicyclic) bond motifs is 1. The molecule has 9 heteroatoms. The molecule has 0 spiro atoms. The van der Waals surface area contributed by atoms with Gasteiger partial charge in [0.05, 0.1) is 12.3 Å². The summed E-state index contributed by atoms with van der Waals surface area (Å²) in [6.07, 6.45) is -2.47. The normalized spacial score (nSPS) is 25.2. The highest BCUT2D eigenvalue weighted by molar-refractivity contribution is 14.1. The van der Waals surface area contributed by atoms with Crippen LogP contribution in [0.3, 0.4) is 0 Å². The number of aliphatic hydroxyl groups excluding tert-OH is 3. The lowest BCUT2D eigenvalue weighted by atomic mass is 10.1. The first-order valence-corrected chi connectivity index (χ1v) is 9.60. The number of ether oxygens (including phenoxy) is 1. The number of nitrogens with one attached hydrogen (secondary N) is 1. The molecule has 1 saturated heterocycles. The molecule has 8 nitrogen and oxygen atoms in total. The average molecular weight is 482 g/mol. The van der Waals surface area contributed by atoms with Crippen molar-refractivity contribution in [3.8, 4) is 0 Å². The Morgan fingerprint density at radius 3 is 2.78 bits per heavy atom. The standard InChI is InChI=1S/C18H19IN4O4/c19-11-3-1-2-10(6-11)7-20-18-13-5-4-12(23(13)22-9-21-18)17-16(26)15(25)14(8-24)27-17/h1-6,9,14-17,24-26H,7-8H2,(H,20,21,22)/t14-,15-,16-,17+/m1/s1. The van der Waals surface area contributed by atoms with Gasteiger partial charge in [0.2, 0.25) is 0 Å². The molecular weight excluding hydrogens is 463 g/mol. The van der Waals surface area contributed by atoms with Crippen LogP contribution in [0.25, 0.3) is 5.52 Å². The zero-order valence-electron chi connectivity index (χ0n) is 14.2. The summed E-state index contributed by atoms with van der Waals surface area (Å²) in [5, 5.41) is 37.1. The number of halogens is 1. The van der Waals surface area contributed by atoms with Crippen LogP contribution in [0.4, 0.5) is 5.82 Å². The molecule has 4 atom stereocenters. The summed E-state index contributed by atoms with van der Waals surface area (Å²) in [4.78, 5) is 4.31. The van der Waals surface area contributed by atoms with Crippen LogP contribution in [-0.2, 0) is 11.3 Å². The van der Waals surface area contributed by atoms with Crippen molar-refractivity contribution in [3.63, 3.8) is 0 Å². The third-order valence-corrected chi connectivity index (χ3v) is 5.34. The molecule has 3 aromatic rings. The molecule has 1 aromatic carbocycles. The predicted molar refractivity (Wildman–Crippen MR) is 106 cm³/mol. The second-order valence-electron chi connectivity index (χ2n) is 6.41. The Labute approximate surface area is 169 Å². The predicted octanol–water partition coefficient (Wildman–Crippen LogP) is 1.10. The molecule has 0 radical (unpaired) electrons. The van der Waals surface area contributed by atoms with Crippen LogP contribution < -0.4 is 5.32 Å². The topological polar surface area (TPSA) is 112 Å². The number of anilines is 1. The van der Waals surface area contributed by atoms with Gasteiger partial charge in [-0.15, -0.1) is 0 Å². The van der Waals surface area contributed by atoms with E-state index in [9.17, 15) is 15.3 Å². The number of aromatic nitrogens is 3. The molecule has 1 fully saturated rings. The summed E-state index contributed by atoms with van der Waals surface area (Å²) >= 11 is 2.27. The molecule has 0 saturated carbocycles. The van der Waals surface area contributed by atoms with Crippen molar-refractivity contribution >= 4 is 33.9 Å². The van der Waals surface area contributed by atoms with Gasteiger partial charge in [0.15, 0.2) is 5.82 Å². The summed E-state index contributed by atoms with van der Waals surface area (Å²) in [5.74, 6) is 0.654. The number of rotatable bonds is 5. The average Bonchev–Trinajstić information content (AvgIpc) is 3.22. The van der Waals surface area contributed by atoms with Crippen molar-refractivity contribution in [2.75, 3.05) is 11.9 Å². The molecule has 0 bridgehead atoms. The lowest BCUT2D eigenvalue weighted by Crippen LogP contribution is -2.32. The van der Waals surface area contributed by atoms with E-state index in [1.807, 2.05) is 24.3 Å². The Hall–Kier alpha value is -1.79. The van der Waals surface area contributed by atoms with Gasteiger partial charge < -0.3 is 25.4 Å². The minimum absolute atomic E-state index is 0.365. The van der Waals surface area contributed by atoms with E-state index in [1.165, 1.54) is 6.33 Å². The second-order valence-corrected chi connectivity index (χ2v) is 7.65. The summed E-state index contributed by atoms with van der Waals surface area (Å²) in [5.41, 5.74) is 2.46. The van der Waals surface area contributed by atoms with Gasteiger partial charge in [-0.3, -0.25) is 0 Å². The summed E-state index contributed by atoms with van der Waals surface area (Å²) in [6, 6.07) is 11.8. The van der Waals surface area contributed by atoms with Crippen LogP contribution in [0.5, 0.6) is 0 Å². The van der Waals surface area contributed by atoms with Crippen molar-refractivity contribution in [3.05, 3.63) is 57.6 Å². The third kappa shape index (κ3) is 3.52. The highest BCUT2D eigenvalue weighted by Crippen LogP contribution is 2.34. The zero-order valence-corrected chi connectivity index (χ0v) is 16.4. The molecule has 1 aliphatic rings. The molecule has 142 valence electrons. The number of aliphatic hydroxyl groups is 3. The van der Waals surface area contributed by atoms with E-state index in [4.69, 9.17) is 4.74 Å². The quantitative estimate of drug-likeness (QED) is 0.403. The molecule has 0 amide bonds. The maximum atomic E-state index is 10.3. The van der Waals surface area contributed by atoms with Gasteiger partial charge >= 0.3 is 0 Å². The lowest BCUT2D eigenvalue weighted by molar-refractivity contribution is -0.0244. The Balaban J connectivity index is 1.60. The molecule has 4 N–H and O–H groups in total. The molecule has 3 heterocycles. The van der Waals surface area contributed by atoms with Gasteiger partial charge in [-0.05, 0) is 52.4 Å². The number of hydrogen-bond acceptors (Lipinski definition) is 7. The number of nitrogens with zero attached hydrogens (tertiary/aromatic N) is 3. The fourth-order valence-electron chi connectivity index (χ4n) is 3.28. The van der Waals surface area contributed by atoms with Crippen molar-refractivity contribution in [1.82, 2.24) is 14.6 Å². The highest BCUT2D eigenvalue weighted by atomic mass is 127. The maximum Gasteiger partial charge on any atom is 0.154 e. The van der Waals surface area contributed by atoms with Crippen molar-refractivity contribution in [2.24, 2.45) is 0 Å². The van der Waals surface area contributed by atoms with Gasteiger partial charge in [-0.2, -0.15) is 5.10 Å². The van der Waals surface area contributed by atoms with E-state index in [-0.39, 0.29) is 6.61 Å². The summed E-state index contributed by atoms with van der Waals surface area (Å²) < 4.78 is 8.41. The van der Waals surface area contributed by atoms with Crippen LogP contribution in [0.15, 0.2) is 42.7 Å². The van der Waals surface area contributed by atoms with Crippen molar-refractivity contribution in [2.45, 2.75) is 31.0 Å². The van der Waals surface area contributed by atoms with E-state index < -0.39 is 24.4 Å². The van der Waals surface area contributed by atoms with E-state index in [0.29, 0.717) is 18.1 Å².